The summed E-state index contributed by atoms with van der Waals surface area (Å²) in [6.45, 7) is 1.04. The van der Waals surface area contributed by atoms with E-state index in [-0.39, 0.29) is 25.3 Å². The summed E-state index contributed by atoms with van der Waals surface area (Å²) in [5.74, 6) is -3.51. The van der Waals surface area contributed by atoms with Crippen molar-refractivity contribution in [1.29, 1.82) is 0 Å². The van der Waals surface area contributed by atoms with Gasteiger partial charge in [-0.15, -0.1) is 0 Å². The van der Waals surface area contributed by atoms with Gasteiger partial charge >= 0.3 is 5.97 Å². The van der Waals surface area contributed by atoms with Crippen molar-refractivity contribution in [3.8, 4) is 0 Å². The van der Waals surface area contributed by atoms with Crippen LogP contribution in [0.1, 0.15) is 25.3 Å². The number of aliphatic hydroxyl groups is 1. The van der Waals surface area contributed by atoms with Crippen LogP contribution >= 0.6 is 0 Å². The molecule has 4 unspecified atom stereocenters. The summed E-state index contributed by atoms with van der Waals surface area (Å²) >= 11 is 0. The van der Waals surface area contributed by atoms with E-state index in [0.29, 0.717) is 6.42 Å². The molecule has 13 heteroatoms. The van der Waals surface area contributed by atoms with E-state index in [1.54, 1.807) is 30.3 Å². The van der Waals surface area contributed by atoms with Crippen molar-refractivity contribution in [2.24, 2.45) is 22.2 Å². The molecule has 0 saturated heterocycles. The lowest BCUT2D eigenvalue weighted by molar-refractivity contribution is -0.142. The fraction of sp³-hybridized carbons (Fsp3) is 0.476. The van der Waals surface area contributed by atoms with E-state index in [1.165, 1.54) is 6.92 Å². The quantitative estimate of drug-likeness (QED) is 0.0778. The van der Waals surface area contributed by atoms with Crippen LogP contribution in [0.3, 0.4) is 0 Å². The zero-order chi connectivity index (χ0) is 25.7. The molecule has 11 N–H and O–H groups in total. The summed E-state index contributed by atoms with van der Waals surface area (Å²) in [6.07, 6.45) is -0.656. The van der Waals surface area contributed by atoms with Gasteiger partial charge in [-0.05, 0) is 25.3 Å². The largest absolute Gasteiger partial charge is 0.480 e. The van der Waals surface area contributed by atoms with Gasteiger partial charge < -0.3 is 43.4 Å². The maximum atomic E-state index is 12.9. The molecule has 0 aliphatic heterocycles. The van der Waals surface area contributed by atoms with Crippen molar-refractivity contribution in [2.45, 2.75) is 50.4 Å². The van der Waals surface area contributed by atoms with Crippen LogP contribution in [0.25, 0.3) is 0 Å². The summed E-state index contributed by atoms with van der Waals surface area (Å²) in [7, 11) is 0. The highest BCUT2D eigenvalue weighted by Gasteiger charge is 2.27. The molecule has 0 heterocycles. The van der Waals surface area contributed by atoms with Crippen LogP contribution in [-0.4, -0.2) is 77.2 Å². The van der Waals surface area contributed by atoms with Crippen molar-refractivity contribution in [1.82, 2.24) is 16.0 Å². The van der Waals surface area contributed by atoms with Gasteiger partial charge in [0.2, 0.25) is 17.7 Å². The highest BCUT2D eigenvalue weighted by Crippen LogP contribution is 2.06. The number of guanidine groups is 1. The molecule has 0 fully saturated rings. The maximum absolute atomic E-state index is 12.9. The number of aliphatic imine (C=N–C) groups is 1. The van der Waals surface area contributed by atoms with Crippen molar-refractivity contribution in [3.05, 3.63) is 35.9 Å². The Hall–Kier alpha value is -3.71. The number of hydrogen-bond acceptors (Lipinski definition) is 7. The molecule has 0 bridgehead atoms. The van der Waals surface area contributed by atoms with Crippen molar-refractivity contribution in [3.63, 3.8) is 0 Å². The number of aliphatic hydroxyl groups excluding tert-OH is 1. The van der Waals surface area contributed by atoms with Crippen LogP contribution in [0, 0.1) is 0 Å². The molecule has 13 nitrogen and oxygen atoms in total. The van der Waals surface area contributed by atoms with E-state index in [2.05, 4.69) is 20.9 Å². The van der Waals surface area contributed by atoms with Crippen LogP contribution in [-0.2, 0) is 25.6 Å². The Kier molecular flexibility index (Phi) is 12.0. The lowest BCUT2D eigenvalue weighted by Crippen LogP contribution is -2.55. The number of carboxylic acids is 1. The third-order valence-electron chi connectivity index (χ3n) is 4.74. The Bertz CT molecular complexity index is 858. The first kappa shape index (κ1) is 28.3. The number of hydrogen-bond donors (Lipinski definition) is 8. The zero-order valence-electron chi connectivity index (χ0n) is 18.9. The van der Waals surface area contributed by atoms with Gasteiger partial charge in [0.1, 0.15) is 18.1 Å². The zero-order valence-corrected chi connectivity index (χ0v) is 18.9. The average Bonchev–Trinajstić information content (AvgIpc) is 2.78. The second-order valence-corrected chi connectivity index (χ2v) is 7.64. The summed E-state index contributed by atoms with van der Waals surface area (Å²) in [6, 6.07) is 5.25. The Morgan fingerprint density at radius 3 is 2.24 bits per heavy atom. The van der Waals surface area contributed by atoms with E-state index in [1.807, 2.05) is 0 Å². The molecule has 188 valence electrons. The number of nitrogens with two attached hydrogens (primary N) is 3. The van der Waals surface area contributed by atoms with Crippen LogP contribution in [0.5, 0.6) is 0 Å². The molecule has 0 aromatic heterocycles. The summed E-state index contributed by atoms with van der Waals surface area (Å²) in [5, 5.41) is 26.0. The number of carbonyl (C=O) groups excluding carboxylic acids is 3. The Labute approximate surface area is 197 Å². The average molecular weight is 480 g/mol. The fourth-order valence-corrected chi connectivity index (χ4v) is 2.84. The van der Waals surface area contributed by atoms with Gasteiger partial charge in [-0.3, -0.25) is 19.4 Å². The number of benzene rings is 1. The SMILES string of the molecule is CC(O)C(N)C(=O)NCC(=O)NC(Cc1ccccc1)C(=O)NC(CCCN=C(N)N)C(=O)O. The number of aliphatic carboxylic acids is 1. The van der Waals surface area contributed by atoms with E-state index < -0.39 is 54.5 Å². The smallest absolute Gasteiger partial charge is 0.326 e. The summed E-state index contributed by atoms with van der Waals surface area (Å²) in [4.78, 5) is 52.5. The van der Waals surface area contributed by atoms with Crippen LogP contribution in [0.4, 0.5) is 0 Å². The van der Waals surface area contributed by atoms with Gasteiger partial charge in [0.25, 0.3) is 0 Å². The van der Waals surface area contributed by atoms with Gasteiger partial charge in [0, 0.05) is 13.0 Å². The number of carboxylic acid groups (broad SMARTS) is 1. The third kappa shape index (κ3) is 10.7. The van der Waals surface area contributed by atoms with E-state index >= 15 is 0 Å². The van der Waals surface area contributed by atoms with Gasteiger partial charge in [-0.1, -0.05) is 30.3 Å². The lowest BCUT2D eigenvalue weighted by Gasteiger charge is -2.22. The van der Waals surface area contributed by atoms with E-state index in [9.17, 15) is 29.4 Å². The van der Waals surface area contributed by atoms with Crippen LogP contribution < -0.4 is 33.2 Å². The summed E-state index contributed by atoms with van der Waals surface area (Å²) < 4.78 is 0. The molecule has 1 rings (SSSR count). The van der Waals surface area contributed by atoms with Crippen molar-refractivity contribution < 1.29 is 29.4 Å². The predicted octanol–water partition coefficient (Wildman–Crippen LogP) is -2.84. The topological polar surface area (TPSA) is 235 Å². The second-order valence-electron chi connectivity index (χ2n) is 7.64. The lowest BCUT2D eigenvalue weighted by atomic mass is 10.0. The first-order valence-electron chi connectivity index (χ1n) is 10.6. The standard InChI is InChI=1S/C21H33N7O6/c1-12(29)17(22)19(32)26-11-16(30)27-15(10-13-6-3-2-4-7-13)18(31)28-14(20(33)34)8-5-9-25-21(23)24/h2-4,6-7,12,14-15,17,29H,5,8-11,22H2,1H3,(H,26,32)(H,27,30)(H,28,31)(H,33,34)(H4,23,24,25). The second kappa shape index (κ2) is 14.4. The molecule has 3 amide bonds. The highest BCUT2D eigenvalue weighted by atomic mass is 16.4. The Morgan fingerprint density at radius 2 is 1.68 bits per heavy atom. The normalized spacial score (nSPS) is 14.1. The van der Waals surface area contributed by atoms with Gasteiger partial charge in [-0.25, -0.2) is 4.79 Å². The number of amides is 3. The monoisotopic (exact) mass is 479 g/mol. The molecule has 0 aliphatic carbocycles. The molecule has 0 radical (unpaired) electrons. The number of nitrogens with zero attached hydrogens (tertiary/aromatic N) is 1. The first-order valence-corrected chi connectivity index (χ1v) is 10.6. The van der Waals surface area contributed by atoms with Gasteiger partial charge in [-0.2, -0.15) is 0 Å². The van der Waals surface area contributed by atoms with Gasteiger partial charge in [0.15, 0.2) is 5.96 Å². The number of carbonyl (C=O) groups is 4. The fourth-order valence-electron chi connectivity index (χ4n) is 2.84. The first-order chi connectivity index (χ1) is 16.0. The maximum Gasteiger partial charge on any atom is 0.326 e. The van der Waals surface area contributed by atoms with E-state index in [0.717, 1.165) is 5.56 Å². The number of nitrogens with one attached hydrogen (secondary N) is 3. The van der Waals surface area contributed by atoms with Crippen molar-refractivity contribution >= 4 is 29.7 Å². The minimum atomic E-state index is -1.25. The summed E-state index contributed by atoms with van der Waals surface area (Å²) in [5.41, 5.74) is 16.7. The molecule has 0 spiro atoms. The Balaban J connectivity index is 2.84. The molecule has 4 atom stereocenters. The molecule has 34 heavy (non-hydrogen) atoms. The highest BCUT2D eigenvalue weighted by molar-refractivity contribution is 5.92. The molecule has 1 aromatic rings. The third-order valence-corrected chi connectivity index (χ3v) is 4.74. The number of rotatable bonds is 14. The van der Waals surface area contributed by atoms with Crippen LogP contribution in [0.15, 0.2) is 35.3 Å². The molecule has 0 aliphatic rings. The minimum Gasteiger partial charge on any atom is -0.480 e. The Morgan fingerprint density at radius 1 is 1.03 bits per heavy atom. The van der Waals surface area contributed by atoms with E-state index in [4.69, 9.17) is 17.2 Å². The van der Waals surface area contributed by atoms with Crippen LogP contribution in [0.2, 0.25) is 0 Å². The minimum absolute atomic E-state index is 0.0666. The molecule has 1 aromatic carbocycles. The van der Waals surface area contributed by atoms with Gasteiger partial charge in [0.05, 0.1) is 12.6 Å². The molecule has 0 saturated carbocycles. The predicted molar refractivity (Wildman–Crippen MR) is 124 cm³/mol. The molecular formula is C21H33N7O6. The van der Waals surface area contributed by atoms with Crippen molar-refractivity contribution in [2.75, 3.05) is 13.1 Å². The molecular weight excluding hydrogens is 446 g/mol.